The van der Waals surface area contributed by atoms with Gasteiger partial charge in [-0.2, -0.15) is 0 Å². The smallest absolute Gasteiger partial charge is 0.248 e. The van der Waals surface area contributed by atoms with E-state index in [1.165, 1.54) is 6.08 Å². The SMILES string of the molecule is CCN(CC)c1ccc(NC(=O)/C=C/c2ccc(N3CCCC3=O)cc2)cc1. The first-order valence-corrected chi connectivity index (χ1v) is 9.85. The fourth-order valence-electron chi connectivity index (χ4n) is 3.39. The summed E-state index contributed by atoms with van der Waals surface area (Å²) in [6, 6.07) is 15.6. The first-order valence-electron chi connectivity index (χ1n) is 9.85. The predicted octanol–water partition coefficient (Wildman–Crippen LogP) is 4.31. The molecule has 1 aliphatic heterocycles. The molecule has 2 aromatic carbocycles. The van der Waals surface area contributed by atoms with Crippen molar-refractivity contribution in [3.8, 4) is 0 Å². The van der Waals surface area contributed by atoms with Crippen molar-refractivity contribution in [2.75, 3.05) is 34.8 Å². The Balaban J connectivity index is 1.57. The average molecular weight is 377 g/mol. The number of nitrogens with one attached hydrogen (secondary N) is 1. The molecular weight excluding hydrogens is 350 g/mol. The van der Waals surface area contributed by atoms with E-state index in [1.54, 1.807) is 6.08 Å². The summed E-state index contributed by atoms with van der Waals surface area (Å²) in [6.45, 7) is 6.94. The molecule has 146 valence electrons. The normalized spacial score (nSPS) is 13.9. The van der Waals surface area contributed by atoms with Crippen LogP contribution in [0.5, 0.6) is 0 Å². The maximum atomic E-state index is 12.2. The van der Waals surface area contributed by atoms with Gasteiger partial charge in [-0.15, -0.1) is 0 Å². The van der Waals surface area contributed by atoms with Crippen LogP contribution < -0.4 is 15.1 Å². The molecule has 1 N–H and O–H groups in total. The number of nitrogens with zero attached hydrogens (tertiary/aromatic N) is 2. The van der Waals surface area contributed by atoms with Crippen molar-refractivity contribution >= 4 is 35.0 Å². The standard InChI is InChI=1S/C23H27N3O2/c1-3-25(4-2)20-14-10-19(11-15-20)24-22(27)16-9-18-7-12-21(13-8-18)26-17-5-6-23(26)28/h7-16H,3-6,17H2,1-2H3,(H,24,27)/b16-9+. The van der Waals surface area contributed by atoms with E-state index < -0.39 is 0 Å². The summed E-state index contributed by atoms with van der Waals surface area (Å²) in [7, 11) is 0. The topological polar surface area (TPSA) is 52.7 Å². The number of amides is 2. The number of carbonyl (C=O) groups excluding carboxylic acids is 2. The van der Waals surface area contributed by atoms with Crippen molar-refractivity contribution in [2.24, 2.45) is 0 Å². The van der Waals surface area contributed by atoms with Gasteiger partial charge < -0.3 is 15.1 Å². The second-order valence-corrected chi connectivity index (χ2v) is 6.78. The molecule has 5 heteroatoms. The molecule has 2 amide bonds. The largest absolute Gasteiger partial charge is 0.372 e. The van der Waals surface area contributed by atoms with Gasteiger partial charge in [-0.1, -0.05) is 12.1 Å². The first kappa shape index (κ1) is 19.7. The molecule has 0 radical (unpaired) electrons. The van der Waals surface area contributed by atoms with Gasteiger partial charge in [0.15, 0.2) is 0 Å². The highest BCUT2D eigenvalue weighted by molar-refractivity contribution is 6.02. The van der Waals surface area contributed by atoms with Gasteiger partial charge in [0.1, 0.15) is 0 Å². The minimum absolute atomic E-state index is 0.172. The molecule has 1 fully saturated rings. The summed E-state index contributed by atoms with van der Waals surface area (Å²) in [5.41, 5.74) is 3.75. The second-order valence-electron chi connectivity index (χ2n) is 6.78. The van der Waals surface area contributed by atoms with Gasteiger partial charge in [0, 0.05) is 49.2 Å². The van der Waals surface area contributed by atoms with Crippen LogP contribution >= 0.6 is 0 Å². The zero-order chi connectivity index (χ0) is 19.9. The molecule has 28 heavy (non-hydrogen) atoms. The minimum Gasteiger partial charge on any atom is -0.372 e. The van der Waals surface area contributed by atoms with E-state index in [-0.39, 0.29) is 11.8 Å². The molecular formula is C23H27N3O2. The summed E-state index contributed by atoms with van der Waals surface area (Å²) in [4.78, 5) is 28.0. The van der Waals surface area contributed by atoms with E-state index in [9.17, 15) is 9.59 Å². The van der Waals surface area contributed by atoms with Crippen LogP contribution in [-0.2, 0) is 9.59 Å². The van der Waals surface area contributed by atoms with Crippen LogP contribution in [0.3, 0.4) is 0 Å². The van der Waals surface area contributed by atoms with Gasteiger partial charge in [0.25, 0.3) is 0 Å². The Morgan fingerprint density at radius 1 is 1.07 bits per heavy atom. The van der Waals surface area contributed by atoms with E-state index in [2.05, 4.69) is 24.1 Å². The predicted molar refractivity (Wildman–Crippen MR) is 116 cm³/mol. The first-order chi connectivity index (χ1) is 13.6. The van der Waals surface area contributed by atoms with Crippen molar-refractivity contribution in [3.05, 3.63) is 60.2 Å². The average Bonchev–Trinajstić information content (AvgIpc) is 3.15. The number of rotatable bonds is 7. The van der Waals surface area contributed by atoms with Crippen LogP contribution in [0.1, 0.15) is 32.3 Å². The molecule has 0 saturated carbocycles. The van der Waals surface area contributed by atoms with Gasteiger partial charge in [0.05, 0.1) is 0 Å². The quantitative estimate of drug-likeness (QED) is 0.732. The highest BCUT2D eigenvalue weighted by Gasteiger charge is 2.21. The summed E-state index contributed by atoms with van der Waals surface area (Å²) < 4.78 is 0. The molecule has 1 heterocycles. The monoisotopic (exact) mass is 377 g/mol. The van der Waals surface area contributed by atoms with Crippen LogP contribution in [0.2, 0.25) is 0 Å². The molecule has 0 unspecified atom stereocenters. The van der Waals surface area contributed by atoms with Crippen LogP contribution in [0.25, 0.3) is 6.08 Å². The molecule has 0 spiro atoms. The second kappa shape index (κ2) is 9.22. The van der Waals surface area contributed by atoms with Crippen molar-refractivity contribution in [1.29, 1.82) is 0 Å². The zero-order valence-corrected chi connectivity index (χ0v) is 16.5. The van der Waals surface area contributed by atoms with Gasteiger partial charge in [0.2, 0.25) is 11.8 Å². The maximum absolute atomic E-state index is 12.2. The molecule has 1 saturated heterocycles. The lowest BCUT2D eigenvalue weighted by Crippen LogP contribution is -2.23. The minimum atomic E-state index is -0.172. The summed E-state index contributed by atoms with van der Waals surface area (Å²) in [6.07, 6.45) is 4.83. The lowest BCUT2D eigenvalue weighted by Gasteiger charge is -2.21. The number of benzene rings is 2. The molecule has 0 atom stereocenters. The zero-order valence-electron chi connectivity index (χ0n) is 16.5. The lowest BCUT2D eigenvalue weighted by atomic mass is 10.2. The highest BCUT2D eigenvalue weighted by atomic mass is 16.2. The molecule has 1 aliphatic rings. The fourth-order valence-corrected chi connectivity index (χ4v) is 3.39. The van der Waals surface area contributed by atoms with E-state index in [4.69, 9.17) is 0 Å². The van der Waals surface area contributed by atoms with Crippen LogP contribution in [-0.4, -0.2) is 31.4 Å². The summed E-state index contributed by atoms with van der Waals surface area (Å²) >= 11 is 0. The third kappa shape index (κ3) is 4.80. The summed E-state index contributed by atoms with van der Waals surface area (Å²) in [5.74, 6) is 0.00377. The van der Waals surface area contributed by atoms with Crippen LogP contribution in [0.4, 0.5) is 17.1 Å². The summed E-state index contributed by atoms with van der Waals surface area (Å²) in [5, 5.41) is 2.88. The van der Waals surface area contributed by atoms with Crippen molar-refractivity contribution < 1.29 is 9.59 Å². The Hall–Kier alpha value is -3.08. The number of anilines is 3. The highest BCUT2D eigenvalue weighted by Crippen LogP contribution is 2.22. The third-order valence-corrected chi connectivity index (χ3v) is 4.97. The molecule has 2 aromatic rings. The molecule has 0 bridgehead atoms. The third-order valence-electron chi connectivity index (χ3n) is 4.97. The van der Waals surface area contributed by atoms with Gasteiger partial charge in [-0.05, 0) is 68.3 Å². The van der Waals surface area contributed by atoms with E-state index in [0.29, 0.717) is 6.42 Å². The van der Waals surface area contributed by atoms with Gasteiger partial charge in [-0.3, -0.25) is 9.59 Å². The molecule has 0 aliphatic carbocycles. The Labute approximate surface area is 166 Å². The molecule has 3 rings (SSSR count). The Kier molecular flexibility index (Phi) is 6.48. The number of hydrogen-bond acceptors (Lipinski definition) is 3. The van der Waals surface area contributed by atoms with Gasteiger partial charge in [-0.25, -0.2) is 0 Å². The molecule has 0 aromatic heterocycles. The van der Waals surface area contributed by atoms with Crippen LogP contribution in [0, 0.1) is 0 Å². The van der Waals surface area contributed by atoms with Crippen molar-refractivity contribution in [3.63, 3.8) is 0 Å². The number of hydrogen-bond donors (Lipinski definition) is 1. The van der Waals surface area contributed by atoms with Gasteiger partial charge >= 0.3 is 0 Å². The fraction of sp³-hybridized carbons (Fsp3) is 0.304. The van der Waals surface area contributed by atoms with Crippen molar-refractivity contribution in [2.45, 2.75) is 26.7 Å². The Morgan fingerprint density at radius 2 is 1.75 bits per heavy atom. The maximum Gasteiger partial charge on any atom is 0.248 e. The number of carbonyl (C=O) groups is 2. The Morgan fingerprint density at radius 3 is 2.32 bits per heavy atom. The Bertz CT molecular complexity index is 837. The van der Waals surface area contributed by atoms with E-state index >= 15 is 0 Å². The van der Waals surface area contributed by atoms with E-state index in [1.807, 2.05) is 53.4 Å². The van der Waals surface area contributed by atoms with Crippen LogP contribution in [0.15, 0.2) is 54.6 Å². The van der Waals surface area contributed by atoms with E-state index in [0.717, 1.165) is 48.7 Å². The molecule has 5 nitrogen and oxygen atoms in total. The lowest BCUT2D eigenvalue weighted by molar-refractivity contribution is -0.117. The van der Waals surface area contributed by atoms with Crippen molar-refractivity contribution in [1.82, 2.24) is 0 Å².